The van der Waals surface area contributed by atoms with Crippen LogP contribution in [0.2, 0.25) is 0 Å². The molecule has 116 valence electrons. The zero-order valence-corrected chi connectivity index (χ0v) is 13.9. The molecule has 2 aromatic heterocycles. The second-order valence-corrected chi connectivity index (χ2v) is 6.19. The topological polar surface area (TPSA) is 67.8 Å². The third-order valence-corrected chi connectivity index (χ3v) is 4.32. The number of anilines is 1. The van der Waals surface area contributed by atoms with Crippen LogP contribution >= 0.6 is 11.3 Å². The standard InChI is InChI=1S/C17H16N4OS/c1-10-4-5-13(6-11(10)2)15-8-23-17(20-15)21-16(22)14-7-12(3)18-9-19-14/h4-9H,1-3H3,(H,20,21,22). The van der Waals surface area contributed by atoms with Gasteiger partial charge in [-0.2, -0.15) is 0 Å². The Kier molecular flexibility index (Phi) is 4.16. The minimum Gasteiger partial charge on any atom is -0.296 e. The Morgan fingerprint density at radius 2 is 1.91 bits per heavy atom. The molecule has 2 heterocycles. The minimum atomic E-state index is -0.281. The van der Waals surface area contributed by atoms with Gasteiger partial charge in [-0.3, -0.25) is 10.1 Å². The summed E-state index contributed by atoms with van der Waals surface area (Å²) < 4.78 is 0. The number of thiazole rings is 1. The lowest BCUT2D eigenvalue weighted by Crippen LogP contribution is -2.13. The van der Waals surface area contributed by atoms with E-state index in [1.165, 1.54) is 28.8 Å². The summed E-state index contributed by atoms with van der Waals surface area (Å²) in [4.78, 5) is 24.6. The molecule has 1 N–H and O–H groups in total. The first-order chi connectivity index (χ1) is 11.0. The van der Waals surface area contributed by atoms with Crippen molar-refractivity contribution >= 4 is 22.4 Å². The van der Waals surface area contributed by atoms with Gasteiger partial charge in [-0.25, -0.2) is 15.0 Å². The van der Waals surface area contributed by atoms with Crippen LogP contribution in [0.25, 0.3) is 11.3 Å². The zero-order valence-electron chi connectivity index (χ0n) is 13.1. The second kappa shape index (κ2) is 6.26. The Morgan fingerprint density at radius 1 is 1.09 bits per heavy atom. The first-order valence-corrected chi connectivity index (χ1v) is 8.04. The fourth-order valence-corrected chi connectivity index (χ4v) is 2.82. The fraction of sp³-hybridized carbons (Fsp3) is 0.176. The summed E-state index contributed by atoms with van der Waals surface area (Å²) in [6, 6.07) is 7.86. The molecule has 5 nitrogen and oxygen atoms in total. The van der Waals surface area contributed by atoms with Gasteiger partial charge in [0.2, 0.25) is 0 Å². The highest BCUT2D eigenvalue weighted by Gasteiger charge is 2.11. The van der Waals surface area contributed by atoms with Crippen molar-refractivity contribution in [3.63, 3.8) is 0 Å². The number of carbonyl (C=O) groups excluding carboxylic acids is 1. The molecule has 0 fully saturated rings. The molecule has 0 saturated heterocycles. The lowest BCUT2D eigenvalue weighted by Gasteiger charge is -2.03. The van der Waals surface area contributed by atoms with E-state index in [4.69, 9.17) is 0 Å². The van der Waals surface area contributed by atoms with Crippen LogP contribution in [0.3, 0.4) is 0 Å². The average Bonchev–Trinajstić information content (AvgIpc) is 2.98. The van der Waals surface area contributed by atoms with Crippen LogP contribution in [-0.4, -0.2) is 20.9 Å². The second-order valence-electron chi connectivity index (χ2n) is 5.34. The molecule has 0 saturated carbocycles. The van der Waals surface area contributed by atoms with Crippen molar-refractivity contribution in [3.05, 3.63) is 58.5 Å². The molecule has 1 amide bonds. The Hall–Kier alpha value is -2.60. The van der Waals surface area contributed by atoms with Gasteiger partial charge in [0.15, 0.2) is 5.13 Å². The fourth-order valence-electron chi connectivity index (χ4n) is 2.10. The normalized spacial score (nSPS) is 10.6. The summed E-state index contributed by atoms with van der Waals surface area (Å²) in [6.45, 7) is 5.97. The molecule has 0 unspecified atom stereocenters. The van der Waals surface area contributed by atoms with E-state index in [0.717, 1.165) is 17.0 Å². The van der Waals surface area contributed by atoms with Gasteiger partial charge in [-0.15, -0.1) is 11.3 Å². The summed E-state index contributed by atoms with van der Waals surface area (Å²) in [6.07, 6.45) is 1.38. The molecule has 0 spiro atoms. The van der Waals surface area contributed by atoms with E-state index in [1.807, 2.05) is 18.4 Å². The first-order valence-electron chi connectivity index (χ1n) is 7.16. The lowest BCUT2D eigenvalue weighted by atomic mass is 10.1. The number of hydrogen-bond donors (Lipinski definition) is 1. The zero-order chi connectivity index (χ0) is 16.4. The number of nitrogens with one attached hydrogen (secondary N) is 1. The Morgan fingerprint density at radius 3 is 2.65 bits per heavy atom. The van der Waals surface area contributed by atoms with E-state index in [9.17, 15) is 4.79 Å². The molecule has 23 heavy (non-hydrogen) atoms. The van der Waals surface area contributed by atoms with E-state index in [0.29, 0.717) is 10.8 Å². The van der Waals surface area contributed by atoms with Crippen LogP contribution in [0.4, 0.5) is 5.13 Å². The summed E-state index contributed by atoms with van der Waals surface area (Å²) >= 11 is 1.40. The van der Waals surface area contributed by atoms with E-state index >= 15 is 0 Å². The van der Waals surface area contributed by atoms with Crippen molar-refractivity contribution < 1.29 is 4.79 Å². The highest BCUT2D eigenvalue weighted by Crippen LogP contribution is 2.26. The summed E-state index contributed by atoms with van der Waals surface area (Å²) in [5.41, 5.74) is 5.45. The van der Waals surface area contributed by atoms with Crippen LogP contribution in [0, 0.1) is 20.8 Å². The van der Waals surface area contributed by atoms with Crippen molar-refractivity contribution in [3.8, 4) is 11.3 Å². The quantitative estimate of drug-likeness (QED) is 0.796. The molecular formula is C17H16N4OS. The monoisotopic (exact) mass is 324 g/mol. The van der Waals surface area contributed by atoms with Gasteiger partial charge in [0.05, 0.1) is 5.69 Å². The minimum absolute atomic E-state index is 0.281. The maximum absolute atomic E-state index is 12.2. The molecule has 3 aromatic rings. The van der Waals surface area contributed by atoms with Gasteiger partial charge in [-0.1, -0.05) is 12.1 Å². The van der Waals surface area contributed by atoms with Gasteiger partial charge in [0.1, 0.15) is 12.0 Å². The smallest absolute Gasteiger partial charge is 0.276 e. The van der Waals surface area contributed by atoms with Crippen molar-refractivity contribution in [1.29, 1.82) is 0 Å². The molecular weight excluding hydrogens is 308 g/mol. The average molecular weight is 324 g/mol. The van der Waals surface area contributed by atoms with E-state index < -0.39 is 0 Å². The van der Waals surface area contributed by atoms with Crippen LogP contribution in [0.1, 0.15) is 27.3 Å². The molecule has 0 aliphatic heterocycles. The van der Waals surface area contributed by atoms with Crippen molar-refractivity contribution in [2.45, 2.75) is 20.8 Å². The molecule has 0 atom stereocenters. The van der Waals surface area contributed by atoms with Gasteiger partial charge in [0, 0.05) is 16.6 Å². The number of aromatic nitrogens is 3. The summed E-state index contributed by atoms with van der Waals surface area (Å²) in [5.74, 6) is -0.281. The molecule has 0 bridgehead atoms. The maximum Gasteiger partial charge on any atom is 0.276 e. The maximum atomic E-state index is 12.2. The van der Waals surface area contributed by atoms with Crippen LogP contribution in [-0.2, 0) is 0 Å². The van der Waals surface area contributed by atoms with E-state index in [-0.39, 0.29) is 5.91 Å². The highest BCUT2D eigenvalue weighted by molar-refractivity contribution is 7.14. The van der Waals surface area contributed by atoms with Crippen molar-refractivity contribution in [2.24, 2.45) is 0 Å². The number of carbonyl (C=O) groups is 1. The molecule has 0 aliphatic carbocycles. The molecule has 0 radical (unpaired) electrons. The SMILES string of the molecule is Cc1cc(C(=O)Nc2nc(-c3ccc(C)c(C)c3)cs2)ncn1. The van der Waals surface area contributed by atoms with Gasteiger partial charge in [-0.05, 0) is 44.0 Å². The Labute approximate surface area is 138 Å². The third-order valence-electron chi connectivity index (χ3n) is 3.56. The van der Waals surface area contributed by atoms with Crippen molar-refractivity contribution in [1.82, 2.24) is 15.0 Å². The van der Waals surface area contributed by atoms with Crippen molar-refractivity contribution in [2.75, 3.05) is 5.32 Å². The number of amides is 1. The number of rotatable bonds is 3. The van der Waals surface area contributed by atoms with Crippen LogP contribution in [0.15, 0.2) is 36.0 Å². The summed E-state index contributed by atoms with van der Waals surface area (Å²) in [5, 5.41) is 5.27. The Bertz CT molecular complexity index is 873. The third kappa shape index (κ3) is 3.43. The Balaban J connectivity index is 1.79. The van der Waals surface area contributed by atoms with E-state index in [2.05, 4.69) is 46.2 Å². The largest absolute Gasteiger partial charge is 0.296 e. The predicted molar refractivity (Wildman–Crippen MR) is 91.7 cm³/mol. The molecule has 1 aromatic carbocycles. The number of aryl methyl sites for hydroxylation is 3. The van der Waals surface area contributed by atoms with Crippen LogP contribution in [0.5, 0.6) is 0 Å². The molecule has 0 aliphatic rings. The lowest BCUT2D eigenvalue weighted by molar-refractivity contribution is 0.102. The molecule has 6 heteroatoms. The molecule has 3 rings (SSSR count). The van der Waals surface area contributed by atoms with Gasteiger partial charge in [0.25, 0.3) is 5.91 Å². The number of nitrogens with zero attached hydrogens (tertiary/aromatic N) is 3. The number of benzene rings is 1. The van der Waals surface area contributed by atoms with Gasteiger partial charge < -0.3 is 0 Å². The van der Waals surface area contributed by atoms with E-state index in [1.54, 1.807) is 6.07 Å². The number of hydrogen-bond acceptors (Lipinski definition) is 5. The van der Waals surface area contributed by atoms with Gasteiger partial charge >= 0.3 is 0 Å². The first kappa shape index (κ1) is 15.3. The van der Waals surface area contributed by atoms with Crippen LogP contribution < -0.4 is 5.32 Å². The summed E-state index contributed by atoms with van der Waals surface area (Å²) in [7, 11) is 0. The predicted octanol–water partition coefficient (Wildman–Crippen LogP) is 3.78. The highest BCUT2D eigenvalue weighted by atomic mass is 32.1.